The quantitative estimate of drug-likeness (QED) is 0.834. The number of hydrogen-bond acceptors (Lipinski definition) is 4. The van der Waals surface area contributed by atoms with Crippen LogP contribution in [0.5, 0.6) is 0 Å². The first-order valence-corrected chi connectivity index (χ1v) is 6.27. The lowest BCUT2D eigenvalue weighted by Gasteiger charge is -2.22. The van der Waals surface area contributed by atoms with Gasteiger partial charge in [-0.2, -0.15) is 5.26 Å². The summed E-state index contributed by atoms with van der Waals surface area (Å²) in [5, 5.41) is 8.80. The summed E-state index contributed by atoms with van der Waals surface area (Å²) >= 11 is 0. The number of nitrogen functional groups attached to an aromatic ring is 1. The summed E-state index contributed by atoms with van der Waals surface area (Å²) in [4.78, 5) is 2.18. The van der Waals surface area contributed by atoms with Crippen LogP contribution in [-0.4, -0.2) is 6.54 Å². The monoisotopic (exact) mass is 255 g/mol. The summed E-state index contributed by atoms with van der Waals surface area (Å²) < 4.78 is 5.37. The van der Waals surface area contributed by atoms with Crippen LogP contribution in [0, 0.1) is 11.3 Å². The van der Waals surface area contributed by atoms with Crippen LogP contribution in [-0.2, 0) is 13.0 Å². The number of benzene rings is 1. The van der Waals surface area contributed by atoms with Crippen LogP contribution in [0.25, 0.3) is 0 Å². The van der Waals surface area contributed by atoms with Crippen LogP contribution in [0.1, 0.15) is 18.2 Å². The lowest BCUT2D eigenvalue weighted by Crippen LogP contribution is -2.21. The first kappa shape index (κ1) is 13.0. The number of nitrogens with two attached hydrogens (primary N) is 1. The minimum Gasteiger partial charge on any atom is -0.467 e. The molecule has 1 heterocycles. The summed E-state index contributed by atoms with van der Waals surface area (Å²) in [6.07, 6.45) is 2.01. The standard InChI is InChI=1S/C15H17N3O/c1-2-18(11-14-4-3-9-19-14)13-5-6-15(17)12(10-13)7-8-16/h3-6,9-10H,2,7,11,17H2,1H3. The van der Waals surface area contributed by atoms with Crippen LogP contribution in [0.15, 0.2) is 41.0 Å². The maximum absolute atomic E-state index is 8.80. The second kappa shape index (κ2) is 5.96. The van der Waals surface area contributed by atoms with Crippen LogP contribution >= 0.6 is 0 Å². The Bertz CT molecular complexity index is 570. The molecule has 2 rings (SSSR count). The topological polar surface area (TPSA) is 66.2 Å². The minimum atomic E-state index is 0.331. The van der Waals surface area contributed by atoms with E-state index in [1.54, 1.807) is 6.26 Å². The SMILES string of the molecule is CCN(Cc1ccco1)c1ccc(N)c(CC#N)c1. The second-order valence-corrected chi connectivity index (χ2v) is 4.31. The Kier molecular flexibility index (Phi) is 4.09. The molecule has 0 radical (unpaired) electrons. The highest BCUT2D eigenvalue weighted by atomic mass is 16.3. The summed E-state index contributed by atoms with van der Waals surface area (Å²) in [6.45, 7) is 3.65. The van der Waals surface area contributed by atoms with Crippen molar-refractivity contribution in [2.24, 2.45) is 0 Å². The Balaban J connectivity index is 2.23. The van der Waals surface area contributed by atoms with Gasteiger partial charge in [0.1, 0.15) is 5.76 Å². The average Bonchev–Trinajstić information content (AvgIpc) is 2.92. The van der Waals surface area contributed by atoms with Crippen molar-refractivity contribution in [1.82, 2.24) is 0 Å². The van der Waals surface area contributed by atoms with E-state index in [1.165, 1.54) is 0 Å². The molecule has 4 heteroatoms. The zero-order valence-electron chi connectivity index (χ0n) is 11.0. The number of furan rings is 1. The predicted molar refractivity (Wildman–Crippen MR) is 75.6 cm³/mol. The smallest absolute Gasteiger partial charge is 0.123 e. The van der Waals surface area contributed by atoms with E-state index in [9.17, 15) is 0 Å². The molecule has 1 aromatic carbocycles. The third kappa shape index (κ3) is 3.08. The number of anilines is 2. The molecule has 0 aliphatic carbocycles. The van der Waals surface area contributed by atoms with E-state index in [0.29, 0.717) is 18.7 Å². The van der Waals surface area contributed by atoms with Gasteiger partial charge in [0, 0.05) is 17.9 Å². The van der Waals surface area contributed by atoms with E-state index < -0.39 is 0 Å². The molecule has 4 nitrogen and oxygen atoms in total. The highest BCUT2D eigenvalue weighted by molar-refractivity contribution is 5.59. The number of hydrogen-bond donors (Lipinski definition) is 1. The molecule has 0 unspecified atom stereocenters. The van der Waals surface area contributed by atoms with Crippen molar-refractivity contribution in [3.05, 3.63) is 47.9 Å². The molecule has 0 spiro atoms. The van der Waals surface area contributed by atoms with Gasteiger partial charge in [-0.3, -0.25) is 0 Å². The molecule has 0 aliphatic rings. The van der Waals surface area contributed by atoms with Gasteiger partial charge in [-0.05, 0) is 42.8 Å². The van der Waals surface area contributed by atoms with E-state index in [-0.39, 0.29) is 0 Å². The number of nitriles is 1. The number of nitrogens with zero attached hydrogens (tertiary/aromatic N) is 2. The Labute approximate surface area is 113 Å². The van der Waals surface area contributed by atoms with Gasteiger partial charge in [-0.25, -0.2) is 0 Å². The van der Waals surface area contributed by atoms with Crippen molar-refractivity contribution in [2.45, 2.75) is 19.9 Å². The lowest BCUT2D eigenvalue weighted by molar-refractivity contribution is 0.503. The summed E-state index contributed by atoms with van der Waals surface area (Å²) in [5.74, 6) is 0.917. The van der Waals surface area contributed by atoms with Crippen molar-refractivity contribution < 1.29 is 4.42 Å². The predicted octanol–water partition coefficient (Wildman–Crippen LogP) is 2.95. The fraction of sp³-hybridized carbons (Fsp3) is 0.267. The Morgan fingerprint density at radius 1 is 1.37 bits per heavy atom. The third-order valence-electron chi connectivity index (χ3n) is 3.07. The Hall–Kier alpha value is -2.41. The van der Waals surface area contributed by atoms with E-state index in [1.807, 2.05) is 30.3 Å². The van der Waals surface area contributed by atoms with Crippen molar-refractivity contribution in [1.29, 1.82) is 5.26 Å². The van der Waals surface area contributed by atoms with Crippen LogP contribution in [0.3, 0.4) is 0 Å². The van der Waals surface area contributed by atoms with Crippen LogP contribution in [0.4, 0.5) is 11.4 Å². The normalized spacial score (nSPS) is 10.1. The minimum absolute atomic E-state index is 0.331. The van der Waals surface area contributed by atoms with Crippen molar-refractivity contribution in [3.8, 4) is 6.07 Å². The van der Waals surface area contributed by atoms with Crippen LogP contribution in [0.2, 0.25) is 0 Å². The average molecular weight is 255 g/mol. The molecular weight excluding hydrogens is 238 g/mol. The van der Waals surface area contributed by atoms with Crippen LogP contribution < -0.4 is 10.6 Å². The van der Waals surface area contributed by atoms with Crippen molar-refractivity contribution in [3.63, 3.8) is 0 Å². The molecule has 0 amide bonds. The zero-order chi connectivity index (χ0) is 13.7. The molecule has 2 aromatic rings. The van der Waals surface area contributed by atoms with E-state index in [2.05, 4.69) is 17.9 Å². The maximum atomic E-state index is 8.80. The van der Waals surface area contributed by atoms with E-state index >= 15 is 0 Å². The molecule has 0 fully saturated rings. The molecule has 1 aromatic heterocycles. The Morgan fingerprint density at radius 2 is 2.21 bits per heavy atom. The molecule has 0 atom stereocenters. The van der Waals surface area contributed by atoms with Gasteiger partial charge in [-0.1, -0.05) is 0 Å². The lowest BCUT2D eigenvalue weighted by atomic mass is 10.1. The van der Waals surface area contributed by atoms with Crippen molar-refractivity contribution in [2.75, 3.05) is 17.2 Å². The van der Waals surface area contributed by atoms with Gasteiger partial charge < -0.3 is 15.1 Å². The molecule has 0 aliphatic heterocycles. The fourth-order valence-corrected chi connectivity index (χ4v) is 2.00. The van der Waals surface area contributed by atoms with E-state index in [4.69, 9.17) is 15.4 Å². The number of rotatable bonds is 5. The highest BCUT2D eigenvalue weighted by Crippen LogP contribution is 2.23. The maximum Gasteiger partial charge on any atom is 0.123 e. The van der Waals surface area contributed by atoms with Gasteiger partial charge in [0.15, 0.2) is 0 Å². The molecule has 98 valence electrons. The molecule has 0 saturated heterocycles. The van der Waals surface area contributed by atoms with Gasteiger partial charge >= 0.3 is 0 Å². The third-order valence-corrected chi connectivity index (χ3v) is 3.07. The zero-order valence-corrected chi connectivity index (χ0v) is 11.0. The summed E-state index contributed by atoms with van der Waals surface area (Å²) in [7, 11) is 0. The molecular formula is C15H17N3O. The first-order valence-electron chi connectivity index (χ1n) is 6.27. The highest BCUT2D eigenvalue weighted by Gasteiger charge is 2.09. The van der Waals surface area contributed by atoms with Gasteiger partial charge in [-0.15, -0.1) is 0 Å². The van der Waals surface area contributed by atoms with Gasteiger partial charge in [0.25, 0.3) is 0 Å². The molecule has 0 bridgehead atoms. The molecule has 0 saturated carbocycles. The summed E-state index contributed by atoms with van der Waals surface area (Å²) in [6, 6.07) is 11.8. The Morgan fingerprint density at radius 3 is 2.84 bits per heavy atom. The molecule has 2 N–H and O–H groups in total. The molecule has 19 heavy (non-hydrogen) atoms. The summed E-state index contributed by atoms with van der Waals surface area (Å²) in [5.41, 5.74) is 8.46. The van der Waals surface area contributed by atoms with Crippen molar-refractivity contribution >= 4 is 11.4 Å². The largest absolute Gasteiger partial charge is 0.467 e. The second-order valence-electron chi connectivity index (χ2n) is 4.31. The fourth-order valence-electron chi connectivity index (χ4n) is 2.00. The van der Waals surface area contributed by atoms with Gasteiger partial charge in [0.2, 0.25) is 0 Å². The van der Waals surface area contributed by atoms with E-state index in [0.717, 1.165) is 23.6 Å². The first-order chi connectivity index (χ1) is 9.24. The van der Waals surface area contributed by atoms with Gasteiger partial charge in [0.05, 0.1) is 25.3 Å².